The van der Waals surface area contributed by atoms with Gasteiger partial charge in [0.1, 0.15) is 0 Å². The molecule has 7 heteroatoms. The molecule has 0 atom stereocenters. The molecule has 0 bridgehead atoms. The highest BCUT2D eigenvalue weighted by molar-refractivity contribution is 5.98. The van der Waals surface area contributed by atoms with Crippen LogP contribution in [0.1, 0.15) is 55.5 Å². The third-order valence-electron chi connectivity index (χ3n) is 6.33. The highest BCUT2D eigenvalue weighted by Crippen LogP contribution is 2.23. The van der Waals surface area contributed by atoms with Crippen LogP contribution in [0.5, 0.6) is 0 Å². The SMILES string of the molecule is CC(C)Cc1ccc(C(=O)C2CCN(C(=O)CCCn3nnc(-c4ccccc4)n3)CC2)cc1. The predicted octanol–water partition coefficient (Wildman–Crippen LogP) is 4.44. The van der Waals surface area contributed by atoms with Gasteiger partial charge in [0, 0.05) is 36.6 Å². The zero-order chi connectivity index (χ0) is 23.9. The number of carbonyl (C=O) groups excluding carboxylic acids is 2. The summed E-state index contributed by atoms with van der Waals surface area (Å²) < 4.78 is 0. The Kier molecular flexibility index (Phi) is 7.83. The first kappa shape index (κ1) is 23.8. The Morgan fingerprint density at radius 2 is 1.71 bits per heavy atom. The number of Topliss-reactive ketones (excluding diaryl/α,β-unsaturated/α-hetero) is 1. The average Bonchev–Trinajstić information content (AvgIpc) is 3.33. The average molecular weight is 460 g/mol. The lowest BCUT2D eigenvalue weighted by Crippen LogP contribution is -2.40. The maximum atomic E-state index is 12.9. The number of hydrogen-bond donors (Lipinski definition) is 0. The maximum Gasteiger partial charge on any atom is 0.222 e. The summed E-state index contributed by atoms with van der Waals surface area (Å²) in [7, 11) is 0. The number of tetrazole rings is 1. The van der Waals surface area contributed by atoms with Crippen LogP contribution in [0.3, 0.4) is 0 Å². The first-order chi connectivity index (χ1) is 16.5. The van der Waals surface area contributed by atoms with Crippen molar-refractivity contribution in [1.29, 1.82) is 0 Å². The lowest BCUT2D eigenvalue weighted by Gasteiger charge is -2.31. The third-order valence-corrected chi connectivity index (χ3v) is 6.33. The third kappa shape index (κ3) is 6.16. The van der Waals surface area contributed by atoms with Gasteiger partial charge in [-0.1, -0.05) is 68.4 Å². The van der Waals surface area contributed by atoms with E-state index >= 15 is 0 Å². The van der Waals surface area contributed by atoms with Gasteiger partial charge in [-0.05, 0) is 42.4 Å². The minimum absolute atomic E-state index is 0.00393. The Hall–Kier alpha value is -3.35. The molecule has 1 fully saturated rings. The molecule has 1 aromatic heterocycles. The number of aromatic nitrogens is 4. The van der Waals surface area contributed by atoms with E-state index in [9.17, 15) is 9.59 Å². The number of ketones is 1. The molecule has 2 heterocycles. The summed E-state index contributed by atoms with van der Waals surface area (Å²) in [6.45, 7) is 6.22. The van der Waals surface area contributed by atoms with E-state index in [0.29, 0.717) is 44.2 Å². The highest BCUT2D eigenvalue weighted by atomic mass is 16.2. The molecular formula is C27H33N5O2. The normalized spacial score (nSPS) is 14.5. The fourth-order valence-electron chi connectivity index (χ4n) is 4.47. The molecule has 4 rings (SSSR count). The summed E-state index contributed by atoms with van der Waals surface area (Å²) >= 11 is 0. The van der Waals surface area contributed by atoms with Crippen molar-refractivity contribution < 1.29 is 9.59 Å². The predicted molar refractivity (Wildman–Crippen MR) is 131 cm³/mol. The molecule has 1 amide bonds. The summed E-state index contributed by atoms with van der Waals surface area (Å²) in [5.41, 5.74) is 2.98. The molecule has 3 aromatic rings. The highest BCUT2D eigenvalue weighted by Gasteiger charge is 2.27. The van der Waals surface area contributed by atoms with Crippen molar-refractivity contribution in [3.8, 4) is 11.4 Å². The molecule has 0 spiro atoms. The molecule has 1 aliphatic rings. The molecule has 0 saturated carbocycles. The van der Waals surface area contributed by atoms with Crippen LogP contribution in [0.4, 0.5) is 0 Å². The molecule has 2 aromatic carbocycles. The van der Waals surface area contributed by atoms with Crippen molar-refractivity contribution in [3.63, 3.8) is 0 Å². The zero-order valence-electron chi connectivity index (χ0n) is 20.1. The van der Waals surface area contributed by atoms with Gasteiger partial charge in [-0.3, -0.25) is 9.59 Å². The molecule has 178 valence electrons. The first-order valence-corrected chi connectivity index (χ1v) is 12.2. The largest absolute Gasteiger partial charge is 0.343 e. The van der Waals surface area contributed by atoms with Crippen molar-refractivity contribution in [1.82, 2.24) is 25.1 Å². The van der Waals surface area contributed by atoms with Crippen LogP contribution in [0.15, 0.2) is 54.6 Å². The number of aryl methyl sites for hydroxylation is 1. The Morgan fingerprint density at radius 3 is 2.38 bits per heavy atom. The monoisotopic (exact) mass is 459 g/mol. The second kappa shape index (κ2) is 11.2. The van der Waals surface area contributed by atoms with Crippen LogP contribution in [0, 0.1) is 11.8 Å². The molecule has 0 N–H and O–H groups in total. The smallest absolute Gasteiger partial charge is 0.222 e. The lowest BCUT2D eigenvalue weighted by molar-refractivity contribution is -0.132. The molecule has 0 aliphatic carbocycles. The standard InChI is InChI=1S/C27H33N5O2/c1-20(2)19-21-10-12-22(13-11-21)26(34)23-14-17-31(18-15-23)25(33)9-6-16-32-29-27(28-30-32)24-7-4-3-5-8-24/h3-5,7-8,10-13,20,23H,6,9,14-19H2,1-2H3. The fraction of sp³-hybridized carbons (Fsp3) is 0.444. The molecule has 34 heavy (non-hydrogen) atoms. The van der Waals surface area contributed by atoms with Crippen LogP contribution in [-0.4, -0.2) is 49.9 Å². The van der Waals surface area contributed by atoms with Crippen molar-refractivity contribution in [3.05, 3.63) is 65.7 Å². The summed E-state index contributed by atoms with van der Waals surface area (Å²) in [6, 6.07) is 17.8. The van der Waals surface area contributed by atoms with Crippen molar-refractivity contribution >= 4 is 11.7 Å². The van der Waals surface area contributed by atoms with E-state index < -0.39 is 0 Å². The Balaban J connectivity index is 1.20. The number of carbonyl (C=O) groups is 2. The Bertz CT molecular complexity index is 1080. The van der Waals surface area contributed by atoms with E-state index in [4.69, 9.17) is 0 Å². The van der Waals surface area contributed by atoms with Crippen LogP contribution in [-0.2, 0) is 17.8 Å². The summed E-state index contributed by atoms with van der Waals surface area (Å²) in [4.78, 5) is 29.0. The summed E-state index contributed by atoms with van der Waals surface area (Å²) in [5, 5.41) is 12.6. The van der Waals surface area contributed by atoms with Gasteiger partial charge >= 0.3 is 0 Å². The van der Waals surface area contributed by atoms with E-state index in [0.717, 1.165) is 30.4 Å². The quantitative estimate of drug-likeness (QED) is 0.442. The molecule has 1 aliphatic heterocycles. The molecular weight excluding hydrogens is 426 g/mol. The van der Waals surface area contributed by atoms with Gasteiger partial charge in [0.15, 0.2) is 5.78 Å². The molecule has 0 unspecified atom stereocenters. The lowest BCUT2D eigenvalue weighted by atomic mass is 9.88. The topological polar surface area (TPSA) is 81.0 Å². The van der Waals surface area contributed by atoms with Gasteiger partial charge in [0.05, 0.1) is 6.54 Å². The number of rotatable bonds is 9. The number of nitrogens with zero attached hydrogens (tertiary/aromatic N) is 5. The second-order valence-electron chi connectivity index (χ2n) is 9.49. The van der Waals surface area contributed by atoms with Gasteiger partial charge in [-0.15, -0.1) is 10.2 Å². The number of amides is 1. The maximum absolute atomic E-state index is 12.9. The Labute approximate surface area is 201 Å². The zero-order valence-corrected chi connectivity index (χ0v) is 20.1. The number of likely N-dealkylation sites (tertiary alicyclic amines) is 1. The summed E-state index contributed by atoms with van der Waals surface area (Å²) in [6.07, 6.45) is 3.58. The van der Waals surface area contributed by atoms with Gasteiger partial charge in [0.25, 0.3) is 0 Å². The van der Waals surface area contributed by atoms with Crippen LogP contribution >= 0.6 is 0 Å². The minimum atomic E-state index is -0.00393. The second-order valence-corrected chi connectivity index (χ2v) is 9.49. The van der Waals surface area contributed by atoms with Gasteiger partial charge in [-0.25, -0.2) is 0 Å². The van der Waals surface area contributed by atoms with Gasteiger partial charge in [-0.2, -0.15) is 4.80 Å². The van der Waals surface area contributed by atoms with Crippen LogP contribution < -0.4 is 0 Å². The van der Waals surface area contributed by atoms with E-state index in [-0.39, 0.29) is 17.6 Å². The molecule has 1 saturated heterocycles. The Morgan fingerprint density at radius 1 is 1.00 bits per heavy atom. The van der Waals surface area contributed by atoms with Crippen LogP contribution in [0.2, 0.25) is 0 Å². The van der Waals surface area contributed by atoms with Crippen molar-refractivity contribution in [2.24, 2.45) is 11.8 Å². The number of benzene rings is 2. The van der Waals surface area contributed by atoms with Crippen LogP contribution in [0.25, 0.3) is 11.4 Å². The fourth-order valence-corrected chi connectivity index (χ4v) is 4.47. The van der Waals surface area contributed by atoms with E-state index in [1.807, 2.05) is 47.4 Å². The molecule has 7 nitrogen and oxygen atoms in total. The van der Waals surface area contributed by atoms with E-state index in [2.05, 4.69) is 41.4 Å². The number of piperidine rings is 1. The van der Waals surface area contributed by atoms with Crippen molar-refractivity contribution in [2.75, 3.05) is 13.1 Å². The van der Waals surface area contributed by atoms with Gasteiger partial charge in [0.2, 0.25) is 11.7 Å². The van der Waals surface area contributed by atoms with E-state index in [1.165, 1.54) is 5.56 Å². The molecule has 0 radical (unpaired) electrons. The first-order valence-electron chi connectivity index (χ1n) is 12.2. The van der Waals surface area contributed by atoms with Gasteiger partial charge < -0.3 is 4.90 Å². The number of hydrogen-bond acceptors (Lipinski definition) is 5. The van der Waals surface area contributed by atoms with Crippen molar-refractivity contribution in [2.45, 2.75) is 52.5 Å². The minimum Gasteiger partial charge on any atom is -0.343 e. The summed E-state index contributed by atoms with van der Waals surface area (Å²) in [5.74, 6) is 1.52. The van der Waals surface area contributed by atoms with E-state index in [1.54, 1.807) is 4.80 Å².